The predicted octanol–water partition coefficient (Wildman–Crippen LogP) is 4.96. The molecule has 0 bridgehead atoms. The Labute approximate surface area is 116 Å². The van der Waals surface area contributed by atoms with E-state index in [-0.39, 0.29) is 0 Å². The van der Waals surface area contributed by atoms with Crippen LogP contribution in [0.5, 0.6) is 0 Å². The Morgan fingerprint density at radius 2 is 1.05 bits per heavy atom. The van der Waals surface area contributed by atoms with Crippen molar-refractivity contribution in [3.63, 3.8) is 0 Å². The highest BCUT2D eigenvalue weighted by molar-refractivity contribution is 6.05. The first-order chi connectivity index (χ1) is 9.83. The van der Waals surface area contributed by atoms with Gasteiger partial charge in [0.25, 0.3) is 0 Å². The second-order valence-electron chi connectivity index (χ2n) is 5.12. The van der Waals surface area contributed by atoms with Gasteiger partial charge in [-0.05, 0) is 62.6 Å². The van der Waals surface area contributed by atoms with Crippen molar-refractivity contribution < 1.29 is 4.79 Å². The molecule has 0 aliphatic heterocycles. The molecule has 0 spiro atoms. The summed E-state index contributed by atoms with van der Waals surface area (Å²) in [6.45, 7) is 0. The summed E-state index contributed by atoms with van der Waals surface area (Å²) in [5.74, 6) is 0. The lowest BCUT2D eigenvalue weighted by Crippen LogP contribution is -1.82. The Bertz CT molecular complexity index is 967. The van der Waals surface area contributed by atoms with E-state index in [1.54, 1.807) is 0 Å². The molecule has 0 aromatic heterocycles. The molecule has 0 heterocycles. The van der Waals surface area contributed by atoms with Crippen LogP contribution in [0.2, 0.25) is 0 Å². The van der Waals surface area contributed by atoms with Crippen molar-refractivity contribution in [3.05, 3.63) is 72.3 Å². The largest absolute Gasteiger partial charge is 0.298 e. The Hall–Kier alpha value is -2.67. The average Bonchev–Trinajstić information content (AvgIpc) is 2.50. The summed E-state index contributed by atoms with van der Waals surface area (Å²) < 4.78 is 0. The molecule has 0 aliphatic carbocycles. The van der Waals surface area contributed by atoms with Crippen LogP contribution in [0.15, 0.2) is 66.7 Å². The van der Waals surface area contributed by atoms with E-state index in [0.29, 0.717) is 0 Å². The van der Waals surface area contributed by atoms with E-state index in [1.165, 1.54) is 26.9 Å². The molecule has 0 unspecified atom stereocenters. The number of rotatable bonds is 1. The summed E-state index contributed by atoms with van der Waals surface area (Å²) in [6.07, 6.45) is 0.893. The van der Waals surface area contributed by atoms with Gasteiger partial charge in [0, 0.05) is 5.56 Å². The minimum absolute atomic E-state index is 0.720. The van der Waals surface area contributed by atoms with Crippen LogP contribution < -0.4 is 0 Å². The molecule has 0 radical (unpaired) electrons. The van der Waals surface area contributed by atoms with E-state index in [0.717, 1.165) is 17.2 Å². The Morgan fingerprint density at radius 1 is 0.550 bits per heavy atom. The first-order valence-corrected chi connectivity index (χ1v) is 6.65. The first kappa shape index (κ1) is 11.2. The highest BCUT2D eigenvalue weighted by Gasteiger charge is 2.01. The number of benzene rings is 4. The number of hydrogen-bond donors (Lipinski definition) is 0. The van der Waals surface area contributed by atoms with E-state index in [2.05, 4.69) is 48.5 Å². The fraction of sp³-hybridized carbons (Fsp3) is 0. The molecule has 0 fully saturated rings. The van der Waals surface area contributed by atoms with E-state index in [4.69, 9.17) is 0 Å². The van der Waals surface area contributed by atoms with E-state index < -0.39 is 0 Å². The van der Waals surface area contributed by atoms with Gasteiger partial charge >= 0.3 is 0 Å². The lowest BCUT2D eigenvalue weighted by molar-refractivity contribution is 0.112. The highest BCUT2D eigenvalue weighted by Crippen LogP contribution is 2.27. The van der Waals surface area contributed by atoms with Crippen LogP contribution in [0.1, 0.15) is 10.4 Å². The van der Waals surface area contributed by atoms with Crippen LogP contribution in [-0.2, 0) is 0 Å². The molecule has 4 aromatic carbocycles. The van der Waals surface area contributed by atoms with Crippen LogP contribution in [0, 0.1) is 0 Å². The molecular weight excluding hydrogens is 244 g/mol. The molecule has 4 aromatic rings. The zero-order valence-electron chi connectivity index (χ0n) is 10.8. The van der Waals surface area contributed by atoms with E-state index in [9.17, 15) is 4.79 Å². The van der Waals surface area contributed by atoms with Crippen LogP contribution in [-0.4, -0.2) is 6.29 Å². The number of fused-ring (bicyclic) bond motifs is 3. The van der Waals surface area contributed by atoms with Gasteiger partial charge in [0.15, 0.2) is 0 Å². The fourth-order valence-electron chi connectivity index (χ4n) is 2.78. The Morgan fingerprint density at radius 3 is 1.65 bits per heavy atom. The standard InChI is InChI=1S/C19H12O/c20-12-13-5-6-16-10-18-8-14-3-1-2-4-15(14)9-19(18)11-17(16)7-13/h1-12H. The normalized spacial score (nSPS) is 11.2. The van der Waals surface area contributed by atoms with Crippen molar-refractivity contribution in [3.8, 4) is 0 Å². The highest BCUT2D eigenvalue weighted by atomic mass is 16.1. The maximum absolute atomic E-state index is 10.9. The lowest BCUT2D eigenvalue weighted by atomic mass is 9.99. The van der Waals surface area contributed by atoms with Crippen LogP contribution >= 0.6 is 0 Å². The van der Waals surface area contributed by atoms with Crippen LogP contribution in [0.25, 0.3) is 32.3 Å². The quantitative estimate of drug-likeness (QED) is 0.347. The molecule has 1 heteroatoms. The fourth-order valence-corrected chi connectivity index (χ4v) is 2.78. The third-order valence-electron chi connectivity index (χ3n) is 3.82. The lowest BCUT2D eigenvalue weighted by Gasteiger charge is -2.05. The smallest absolute Gasteiger partial charge is 0.150 e. The Balaban J connectivity index is 2.12. The summed E-state index contributed by atoms with van der Waals surface area (Å²) in [7, 11) is 0. The molecule has 0 N–H and O–H groups in total. The number of carbonyl (C=O) groups excluding carboxylic acids is 1. The van der Waals surface area contributed by atoms with Crippen molar-refractivity contribution in [1.29, 1.82) is 0 Å². The molecule has 0 saturated carbocycles. The van der Waals surface area contributed by atoms with Crippen molar-refractivity contribution >= 4 is 38.6 Å². The zero-order chi connectivity index (χ0) is 13.5. The molecule has 0 aliphatic rings. The van der Waals surface area contributed by atoms with Gasteiger partial charge in [-0.3, -0.25) is 4.79 Å². The van der Waals surface area contributed by atoms with Crippen molar-refractivity contribution in [2.45, 2.75) is 0 Å². The molecule has 94 valence electrons. The second kappa shape index (κ2) is 4.17. The van der Waals surface area contributed by atoms with Crippen LogP contribution in [0.3, 0.4) is 0 Å². The SMILES string of the molecule is O=Cc1ccc2cc3cc4ccccc4cc3cc2c1. The van der Waals surface area contributed by atoms with Gasteiger partial charge in [0.1, 0.15) is 6.29 Å². The number of aldehydes is 1. The monoisotopic (exact) mass is 256 g/mol. The number of carbonyl (C=O) groups is 1. The van der Waals surface area contributed by atoms with Gasteiger partial charge in [0.2, 0.25) is 0 Å². The topological polar surface area (TPSA) is 17.1 Å². The maximum atomic E-state index is 10.9. The molecule has 0 atom stereocenters. The third kappa shape index (κ3) is 1.68. The van der Waals surface area contributed by atoms with Crippen LogP contribution in [0.4, 0.5) is 0 Å². The summed E-state index contributed by atoms with van der Waals surface area (Å²) in [5, 5.41) is 7.21. The molecule has 20 heavy (non-hydrogen) atoms. The first-order valence-electron chi connectivity index (χ1n) is 6.65. The van der Waals surface area contributed by atoms with Gasteiger partial charge in [-0.2, -0.15) is 0 Å². The van der Waals surface area contributed by atoms with Gasteiger partial charge in [-0.25, -0.2) is 0 Å². The third-order valence-corrected chi connectivity index (χ3v) is 3.82. The maximum Gasteiger partial charge on any atom is 0.150 e. The van der Waals surface area contributed by atoms with Crippen molar-refractivity contribution in [2.24, 2.45) is 0 Å². The summed E-state index contributed by atoms with van der Waals surface area (Å²) >= 11 is 0. The van der Waals surface area contributed by atoms with Gasteiger partial charge in [-0.1, -0.05) is 36.4 Å². The summed E-state index contributed by atoms with van der Waals surface area (Å²) in [5.41, 5.74) is 0.720. The van der Waals surface area contributed by atoms with E-state index in [1.807, 2.05) is 18.2 Å². The van der Waals surface area contributed by atoms with Crippen molar-refractivity contribution in [1.82, 2.24) is 0 Å². The predicted molar refractivity (Wildman–Crippen MR) is 84.3 cm³/mol. The molecule has 1 nitrogen and oxygen atoms in total. The Kier molecular flexibility index (Phi) is 2.33. The van der Waals surface area contributed by atoms with Gasteiger partial charge in [-0.15, -0.1) is 0 Å². The minimum Gasteiger partial charge on any atom is -0.298 e. The van der Waals surface area contributed by atoms with E-state index >= 15 is 0 Å². The molecule has 4 rings (SSSR count). The van der Waals surface area contributed by atoms with Gasteiger partial charge in [0.05, 0.1) is 0 Å². The zero-order valence-corrected chi connectivity index (χ0v) is 10.8. The van der Waals surface area contributed by atoms with Gasteiger partial charge < -0.3 is 0 Å². The average molecular weight is 256 g/mol. The molecule has 0 amide bonds. The number of hydrogen-bond acceptors (Lipinski definition) is 1. The summed E-state index contributed by atoms with van der Waals surface area (Å²) in [4.78, 5) is 10.9. The minimum atomic E-state index is 0.720. The second-order valence-corrected chi connectivity index (χ2v) is 5.12. The molecular formula is C19H12O. The molecule has 0 saturated heterocycles. The summed E-state index contributed by atoms with van der Waals surface area (Å²) in [6, 6.07) is 23.0. The van der Waals surface area contributed by atoms with Crippen molar-refractivity contribution in [2.75, 3.05) is 0 Å².